The predicted octanol–water partition coefficient (Wildman–Crippen LogP) is 3.86. The van der Waals surface area contributed by atoms with Crippen LogP contribution in [0.5, 0.6) is 0 Å². The molecule has 163 valence electrons. The van der Waals surface area contributed by atoms with Crippen molar-refractivity contribution in [2.75, 3.05) is 26.2 Å². The van der Waals surface area contributed by atoms with Gasteiger partial charge in [0.1, 0.15) is 5.71 Å². The van der Waals surface area contributed by atoms with Gasteiger partial charge in [-0.1, -0.05) is 12.1 Å². The molecule has 0 bridgehead atoms. The van der Waals surface area contributed by atoms with E-state index in [9.17, 15) is 0 Å². The SMILES string of the molecule is CCN(CC)/C([S-])=N/N=C(C)/C(=N/N=C(\[S-])N(CC)CC)c1ccc(I)cc1.[Cu+2]. The Morgan fingerprint density at radius 1 is 0.793 bits per heavy atom. The topological polar surface area (TPSA) is 55.9 Å². The van der Waals surface area contributed by atoms with Gasteiger partial charge >= 0.3 is 17.1 Å². The summed E-state index contributed by atoms with van der Waals surface area (Å²) in [6.45, 7) is 13.1. The maximum absolute atomic E-state index is 5.38. The molecule has 1 radical (unpaired) electrons. The van der Waals surface area contributed by atoms with Gasteiger partial charge in [0, 0.05) is 45.6 Å². The fourth-order valence-corrected chi connectivity index (χ4v) is 3.28. The molecular formula is C19H27CuIN6S2. The number of halogens is 1. The van der Waals surface area contributed by atoms with E-state index in [2.05, 4.69) is 43.0 Å². The van der Waals surface area contributed by atoms with Gasteiger partial charge in [-0.3, -0.25) is 0 Å². The molecular weight excluding hydrogens is 567 g/mol. The Labute approximate surface area is 209 Å². The fraction of sp³-hybridized carbons (Fsp3) is 0.474. The van der Waals surface area contributed by atoms with Crippen molar-refractivity contribution in [3.63, 3.8) is 0 Å². The predicted molar refractivity (Wildman–Crippen MR) is 134 cm³/mol. The minimum Gasteiger partial charge on any atom is -0.741 e. The minimum atomic E-state index is 0. The minimum absolute atomic E-state index is 0. The van der Waals surface area contributed by atoms with Crippen molar-refractivity contribution in [2.45, 2.75) is 34.6 Å². The van der Waals surface area contributed by atoms with Crippen LogP contribution < -0.4 is 0 Å². The summed E-state index contributed by atoms with van der Waals surface area (Å²) < 4.78 is 1.14. The molecule has 0 heterocycles. The maximum Gasteiger partial charge on any atom is 2.00 e. The van der Waals surface area contributed by atoms with Crippen LogP contribution in [0, 0.1) is 3.57 Å². The molecule has 0 aliphatic carbocycles. The van der Waals surface area contributed by atoms with Gasteiger partial charge in [-0.25, -0.2) is 0 Å². The van der Waals surface area contributed by atoms with Crippen LogP contribution in [-0.2, 0) is 42.3 Å². The summed E-state index contributed by atoms with van der Waals surface area (Å²) in [6.07, 6.45) is 0. The molecule has 0 atom stereocenters. The van der Waals surface area contributed by atoms with E-state index in [-0.39, 0.29) is 17.1 Å². The quantitative estimate of drug-likeness (QED) is 0.115. The molecule has 0 aliphatic rings. The summed E-state index contributed by atoms with van der Waals surface area (Å²) >= 11 is 13.0. The van der Waals surface area contributed by atoms with Crippen molar-refractivity contribution in [3.05, 3.63) is 33.4 Å². The third-order valence-electron chi connectivity index (χ3n) is 4.05. The van der Waals surface area contributed by atoms with E-state index in [1.54, 1.807) is 0 Å². The molecule has 0 fully saturated rings. The molecule has 6 nitrogen and oxygen atoms in total. The number of nitrogens with zero attached hydrogens (tertiary/aromatic N) is 6. The van der Waals surface area contributed by atoms with Gasteiger partial charge in [-0.05, 0) is 69.3 Å². The zero-order valence-electron chi connectivity index (χ0n) is 17.3. The van der Waals surface area contributed by atoms with Crippen LogP contribution >= 0.6 is 22.6 Å². The normalized spacial score (nSPS) is 13.2. The van der Waals surface area contributed by atoms with Gasteiger partial charge in [0.15, 0.2) is 0 Å². The Morgan fingerprint density at radius 3 is 1.62 bits per heavy atom. The summed E-state index contributed by atoms with van der Waals surface area (Å²) in [4.78, 5) is 3.93. The zero-order chi connectivity index (χ0) is 21.1. The van der Waals surface area contributed by atoms with E-state index < -0.39 is 0 Å². The first kappa shape index (κ1) is 28.2. The molecule has 1 aromatic rings. The first-order valence-electron chi connectivity index (χ1n) is 9.25. The summed E-state index contributed by atoms with van der Waals surface area (Å²) in [7, 11) is 0. The molecule has 29 heavy (non-hydrogen) atoms. The first-order valence-corrected chi connectivity index (χ1v) is 11.1. The smallest absolute Gasteiger partial charge is 0.741 e. The Morgan fingerprint density at radius 2 is 1.21 bits per heavy atom. The van der Waals surface area contributed by atoms with Crippen molar-refractivity contribution in [1.29, 1.82) is 0 Å². The molecule has 10 heteroatoms. The molecule has 0 aromatic heterocycles. The van der Waals surface area contributed by atoms with Crippen LogP contribution in [0.4, 0.5) is 0 Å². The monoisotopic (exact) mass is 593 g/mol. The second-order valence-electron chi connectivity index (χ2n) is 5.75. The number of amidine groups is 2. The number of rotatable bonds is 8. The Kier molecular flexibility index (Phi) is 14.6. The number of hydrogen-bond acceptors (Lipinski definition) is 6. The van der Waals surface area contributed by atoms with E-state index in [4.69, 9.17) is 25.3 Å². The van der Waals surface area contributed by atoms with Crippen LogP contribution in [0.3, 0.4) is 0 Å². The van der Waals surface area contributed by atoms with Crippen LogP contribution in [0.1, 0.15) is 40.2 Å². The second-order valence-corrected chi connectivity index (χ2v) is 7.73. The van der Waals surface area contributed by atoms with Crippen LogP contribution in [0.15, 0.2) is 44.7 Å². The molecule has 0 saturated carbocycles. The number of hydrogen-bond donors (Lipinski definition) is 0. The summed E-state index contributed by atoms with van der Waals surface area (Å²) in [5, 5.41) is 18.1. The van der Waals surface area contributed by atoms with Crippen LogP contribution in [0.25, 0.3) is 0 Å². The fourth-order valence-electron chi connectivity index (χ4n) is 2.32. The van der Waals surface area contributed by atoms with Gasteiger partial charge < -0.3 is 35.1 Å². The van der Waals surface area contributed by atoms with Gasteiger partial charge in [0.2, 0.25) is 0 Å². The summed E-state index contributed by atoms with van der Waals surface area (Å²) in [6, 6.07) is 7.99. The van der Waals surface area contributed by atoms with E-state index >= 15 is 0 Å². The van der Waals surface area contributed by atoms with Crippen LogP contribution in [-0.4, -0.2) is 57.7 Å². The zero-order valence-corrected chi connectivity index (χ0v) is 22.0. The molecule has 0 spiro atoms. The second kappa shape index (κ2) is 15.1. The van der Waals surface area contributed by atoms with E-state index in [1.165, 1.54) is 0 Å². The van der Waals surface area contributed by atoms with Gasteiger partial charge in [0.05, 0.1) is 5.71 Å². The van der Waals surface area contributed by atoms with Crippen molar-refractivity contribution in [3.8, 4) is 0 Å². The Balaban J connectivity index is 0.00000784. The third-order valence-corrected chi connectivity index (χ3v) is 5.45. The summed E-state index contributed by atoms with van der Waals surface area (Å²) in [5.41, 5.74) is 2.15. The molecule has 0 N–H and O–H groups in total. The summed E-state index contributed by atoms with van der Waals surface area (Å²) in [5.74, 6) is 0. The third kappa shape index (κ3) is 9.25. The van der Waals surface area contributed by atoms with Crippen molar-refractivity contribution >= 4 is 69.6 Å². The van der Waals surface area contributed by atoms with Crippen LogP contribution in [0.2, 0.25) is 0 Å². The van der Waals surface area contributed by atoms with Gasteiger partial charge in [-0.2, -0.15) is 15.3 Å². The number of benzene rings is 1. The van der Waals surface area contributed by atoms with Crippen molar-refractivity contribution < 1.29 is 17.1 Å². The van der Waals surface area contributed by atoms with Gasteiger partial charge in [-0.15, -0.1) is 5.10 Å². The average molecular weight is 594 g/mol. The largest absolute Gasteiger partial charge is 2.00 e. The van der Waals surface area contributed by atoms with Crippen molar-refractivity contribution in [1.82, 2.24) is 9.80 Å². The molecule has 0 aliphatic heterocycles. The first-order chi connectivity index (χ1) is 13.4. The molecule has 0 saturated heterocycles. The van der Waals surface area contributed by atoms with Crippen molar-refractivity contribution in [2.24, 2.45) is 20.4 Å². The molecule has 1 rings (SSSR count). The Hall–Kier alpha value is -0.811. The molecule has 0 amide bonds. The molecule has 1 aromatic carbocycles. The van der Waals surface area contributed by atoms with E-state index in [0.717, 1.165) is 35.3 Å². The van der Waals surface area contributed by atoms with Gasteiger partial charge in [0.25, 0.3) is 0 Å². The standard InChI is InChI=1S/C19H29IN6S2.Cu/c1-6-25(7-2)18(27)23-21-14(5)17(15-10-12-16(20)13-11-15)22-24-19(28)26(8-3)9-4;/h10-13H,6-9H2,1-5H3,(H,23,27)(H,24,28);/q;+2/p-2/b21-14+,22-17-;. The average Bonchev–Trinajstić information content (AvgIpc) is 2.69. The van der Waals surface area contributed by atoms with E-state index in [1.807, 2.05) is 68.7 Å². The maximum atomic E-state index is 5.38. The Bertz CT molecular complexity index is 742. The molecule has 0 unspecified atom stereocenters. The van der Waals surface area contributed by atoms with E-state index in [0.29, 0.717) is 21.8 Å².